The highest BCUT2D eigenvalue weighted by Gasteiger charge is 2.50. The van der Waals surface area contributed by atoms with Crippen LogP contribution in [0.3, 0.4) is 0 Å². The zero-order valence-corrected chi connectivity index (χ0v) is 21.9. The van der Waals surface area contributed by atoms with Crippen LogP contribution in [0, 0.1) is 13.8 Å². The van der Waals surface area contributed by atoms with Gasteiger partial charge in [0.25, 0.3) is 0 Å². The number of aryl methyl sites for hydroxylation is 2. The normalized spacial score (nSPS) is 23.1. The molecule has 3 N–H and O–H groups in total. The summed E-state index contributed by atoms with van der Waals surface area (Å²) >= 11 is 0. The van der Waals surface area contributed by atoms with Gasteiger partial charge in [0, 0.05) is 17.5 Å². The van der Waals surface area contributed by atoms with Crippen LogP contribution in [0.15, 0.2) is 22.7 Å². The first-order valence-corrected chi connectivity index (χ1v) is 12.1. The molecule has 1 aromatic carbocycles. The number of urea groups is 1. The van der Waals surface area contributed by atoms with Crippen LogP contribution in [0.2, 0.25) is 0 Å². The number of ether oxygens (including phenoxy) is 2. The van der Waals surface area contributed by atoms with Crippen molar-refractivity contribution in [2.24, 2.45) is 0 Å². The van der Waals surface area contributed by atoms with E-state index in [1.54, 1.807) is 21.1 Å². The minimum Gasteiger partial charge on any atom is -0.493 e. The van der Waals surface area contributed by atoms with Crippen molar-refractivity contribution in [2.45, 2.75) is 63.2 Å². The number of amides is 2. The lowest BCUT2D eigenvalue weighted by molar-refractivity contribution is -0.192. The number of aliphatic carboxylic acids is 1. The lowest BCUT2D eigenvalue weighted by Gasteiger charge is -2.45. The number of hydrogen-bond acceptors (Lipinski definition) is 7. The number of likely N-dealkylation sites (N-methyl/N-ethyl adjacent to an activating group) is 1. The van der Waals surface area contributed by atoms with Gasteiger partial charge in [0.05, 0.1) is 14.2 Å². The molecule has 4 rings (SSSR count). The first-order valence-electron chi connectivity index (χ1n) is 12.1. The third-order valence-electron chi connectivity index (χ3n) is 7.34. The maximum atomic E-state index is 12.6. The van der Waals surface area contributed by atoms with Crippen molar-refractivity contribution >= 4 is 17.7 Å². The van der Waals surface area contributed by atoms with Gasteiger partial charge < -0.3 is 34.6 Å². The molecule has 1 aliphatic carbocycles. The molecule has 2 aliphatic rings. The number of hydrogen-bond donors (Lipinski definition) is 3. The van der Waals surface area contributed by atoms with E-state index in [0.717, 1.165) is 43.7 Å². The monoisotopic (exact) mass is 542 g/mol. The van der Waals surface area contributed by atoms with E-state index in [9.17, 15) is 18.0 Å². The molecule has 210 valence electrons. The number of carbonyl (C=O) groups excluding carboxylic acids is 1. The summed E-state index contributed by atoms with van der Waals surface area (Å²) in [6.07, 6.45) is -1.15. The molecule has 3 atom stereocenters. The summed E-state index contributed by atoms with van der Waals surface area (Å²) in [6, 6.07) is 6.55. The third-order valence-corrected chi connectivity index (χ3v) is 7.34. The number of alkyl halides is 3. The predicted molar refractivity (Wildman–Crippen MR) is 132 cm³/mol. The second-order valence-electron chi connectivity index (χ2n) is 9.54. The minimum absolute atomic E-state index is 0.0601. The maximum absolute atomic E-state index is 12.6. The summed E-state index contributed by atoms with van der Waals surface area (Å²) in [6.45, 7) is 4.65. The van der Waals surface area contributed by atoms with Crippen LogP contribution < -0.4 is 20.1 Å². The molecular formula is C25H33F3N4O6. The van der Waals surface area contributed by atoms with E-state index in [2.05, 4.69) is 39.9 Å². The van der Waals surface area contributed by atoms with Crippen molar-refractivity contribution in [1.29, 1.82) is 0 Å². The zero-order valence-electron chi connectivity index (χ0n) is 21.9. The van der Waals surface area contributed by atoms with E-state index in [4.69, 9.17) is 23.9 Å². The Morgan fingerprint density at radius 1 is 1.18 bits per heavy atom. The number of halogens is 3. The summed E-state index contributed by atoms with van der Waals surface area (Å²) in [5, 5.41) is 17.1. The van der Waals surface area contributed by atoms with Crippen LogP contribution in [0.5, 0.6) is 11.5 Å². The Morgan fingerprint density at radius 3 is 2.39 bits per heavy atom. The van der Waals surface area contributed by atoms with E-state index in [1.807, 2.05) is 13.0 Å². The van der Waals surface area contributed by atoms with Crippen LogP contribution in [-0.4, -0.2) is 73.2 Å². The summed E-state index contributed by atoms with van der Waals surface area (Å²) in [4.78, 5) is 23.9. The molecule has 2 aromatic rings. The number of benzene rings is 1. The van der Waals surface area contributed by atoms with Gasteiger partial charge in [-0.1, -0.05) is 11.2 Å². The quantitative estimate of drug-likeness (QED) is 0.512. The lowest BCUT2D eigenvalue weighted by Crippen LogP contribution is -2.52. The molecule has 0 radical (unpaired) electrons. The number of fused-ring (bicyclic) bond motifs is 1. The fourth-order valence-electron chi connectivity index (χ4n) is 5.39. The highest BCUT2D eigenvalue weighted by molar-refractivity contribution is 5.90. The van der Waals surface area contributed by atoms with Crippen molar-refractivity contribution in [3.63, 3.8) is 0 Å². The Hall–Kier alpha value is -3.48. The molecule has 38 heavy (non-hydrogen) atoms. The van der Waals surface area contributed by atoms with Gasteiger partial charge in [0.2, 0.25) is 0 Å². The van der Waals surface area contributed by atoms with Gasteiger partial charge in [-0.3, -0.25) is 0 Å². The molecule has 2 heterocycles. The van der Waals surface area contributed by atoms with Gasteiger partial charge in [0.1, 0.15) is 11.4 Å². The van der Waals surface area contributed by atoms with Crippen molar-refractivity contribution in [1.82, 2.24) is 15.4 Å². The minimum atomic E-state index is -5.08. The average molecular weight is 543 g/mol. The number of nitrogens with one attached hydrogen (secondary N) is 2. The number of aromatic nitrogens is 1. The van der Waals surface area contributed by atoms with Gasteiger partial charge in [-0.05, 0) is 70.8 Å². The number of likely N-dealkylation sites (tertiary alicyclic amines) is 1. The fourth-order valence-corrected chi connectivity index (χ4v) is 5.39. The van der Waals surface area contributed by atoms with Gasteiger partial charge in [-0.25, -0.2) is 9.59 Å². The van der Waals surface area contributed by atoms with E-state index in [1.165, 1.54) is 5.56 Å². The van der Waals surface area contributed by atoms with E-state index >= 15 is 0 Å². The molecule has 1 aliphatic heterocycles. The molecule has 2 fully saturated rings. The van der Waals surface area contributed by atoms with E-state index in [0.29, 0.717) is 23.2 Å². The Bertz CT molecular complexity index is 1140. The Balaban J connectivity index is 0.000000505. The zero-order chi connectivity index (χ0) is 28.3. The molecule has 0 bridgehead atoms. The molecule has 2 amide bonds. The first kappa shape index (κ1) is 29.1. The second-order valence-corrected chi connectivity index (χ2v) is 9.54. The van der Waals surface area contributed by atoms with Crippen molar-refractivity contribution < 1.29 is 41.9 Å². The number of carbonyl (C=O) groups is 2. The third kappa shape index (κ3) is 6.14. The van der Waals surface area contributed by atoms with Crippen LogP contribution in [0.25, 0.3) is 0 Å². The molecule has 0 spiro atoms. The number of methoxy groups -OCH3 is 2. The van der Waals surface area contributed by atoms with Crippen LogP contribution in [0.4, 0.5) is 23.7 Å². The SMILES string of the molecule is COc1ccc([C@@]23CC[C@@H](NC(=O)Nc4c(C)noc4C)C[C@@H]2N(C)CC3)cc1OC.O=C(O)C(F)(F)F. The number of carboxylic acids is 1. The van der Waals surface area contributed by atoms with Crippen molar-refractivity contribution in [3.05, 3.63) is 35.2 Å². The lowest BCUT2D eigenvalue weighted by atomic mass is 9.65. The highest BCUT2D eigenvalue weighted by atomic mass is 19.4. The smallest absolute Gasteiger partial charge is 0.490 e. The number of anilines is 1. The Kier molecular flexibility index (Phi) is 8.80. The van der Waals surface area contributed by atoms with Gasteiger partial charge in [-0.15, -0.1) is 0 Å². The van der Waals surface area contributed by atoms with Crippen LogP contribution >= 0.6 is 0 Å². The van der Waals surface area contributed by atoms with Crippen molar-refractivity contribution in [3.8, 4) is 11.5 Å². The summed E-state index contributed by atoms with van der Waals surface area (Å²) < 4.78 is 47.9. The van der Waals surface area contributed by atoms with Gasteiger partial charge in [0.15, 0.2) is 17.3 Å². The number of carboxylic acid groups (broad SMARTS) is 1. The fraction of sp³-hybridized carbons (Fsp3) is 0.560. The predicted octanol–water partition coefficient (Wildman–Crippen LogP) is 4.26. The summed E-state index contributed by atoms with van der Waals surface area (Å²) in [7, 11) is 5.52. The molecule has 0 unspecified atom stereocenters. The molecule has 1 aromatic heterocycles. The Labute approximate surface area is 218 Å². The molecule has 13 heteroatoms. The second kappa shape index (κ2) is 11.5. The van der Waals surface area contributed by atoms with Crippen LogP contribution in [0.1, 0.15) is 42.7 Å². The van der Waals surface area contributed by atoms with Gasteiger partial charge in [-0.2, -0.15) is 13.2 Å². The molecule has 1 saturated heterocycles. The average Bonchev–Trinajstić information content (AvgIpc) is 3.37. The largest absolute Gasteiger partial charge is 0.493 e. The van der Waals surface area contributed by atoms with Gasteiger partial charge >= 0.3 is 18.2 Å². The summed E-state index contributed by atoms with van der Waals surface area (Å²) in [5.41, 5.74) is 2.67. The van der Waals surface area contributed by atoms with E-state index < -0.39 is 12.1 Å². The summed E-state index contributed by atoms with van der Waals surface area (Å²) in [5.74, 6) is -0.634. The molecular weight excluding hydrogens is 509 g/mol. The first-order chi connectivity index (χ1) is 17.8. The van der Waals surface area contributed by atoms with Crippen molar-refractivity contribution in [2.75, 3.05) is 33.1 Å². The Morgan fingerprint density at radius 2 is 1.84 bits per heavy atom. The molecule has 1 saturated carbocycles. The van der Waals surface area contributed by atoms with Crippen LogP contribution in [-0.2, 0) is 10.2 Å². The maximum Gasteiger partial charge on any atom is 0.490 e. The molecule has 10 nitrogen and oxygen atoms in total. The number of rotatable bonds is 5. The standard InChI is InChI=1S/C23H32N4O4.C2HF3O2/c1-14-21(15(2)31-26-14)25-22(28)24-17-8-9-23(10-11-27(3)20(23)13-17)16-6-7-18(29-4)19(12-16)30-5;3-2(4,5)1(6)7/h6-7,12,17,20H,8-11,13H2,1-5H3,(H2,24,25,28);(H,6,7)/t17-,20+,23+;/m1./s1. The van der Waals surface area contributed by atoms with E-state index in [-0.39, 0.29) is 17.5 Å². The highest BCUT2D eigenvalue weighted by Crippen LogP contribution is 2.49. The number of nitrogens with zero attached hydrogens (tertiary/aromatic N) is 2. The topological polar surface area (TPSA) is 126 Å².